The van der Waals surface area contributed by atoms with Crippen LogP contribution in [0.15, 0.2) is 35.5 Å². The first-order valence-electron chi connectivity index (χ1n) is 6.70. The van der Waals surface area contributed by atoms with Crippen LogP contribution in [0.3, 0.4) is 0 Å². The molecule has 0 amide bonds. The molecule has 4 nitrogen and oxygen atoms in total. The molecule has 0 atom stereocenters. The van der Waals surface area contributed by atoms with Crippen LogP contribution in [0.25, 0.3) is 10.9 Å². The van der Waals surface area contributed by atoms with Crippen molar-refractivity contribution >= 4 is 22.9 Å². The quantitative estimate of drug-likeness (QED) is 0.510. The van der Waals surface area contributed by atoms with Crippen LogP contribution in [0, 0.1) is 0 Å². The van der Waals surface area contributed by atoms with Crippen LogP contribution in [-0.4, -0.2) is 29.5 Å². The number of piperidine rings is 1. The second-order valence-corrected chi connectivity index (χ2v) is 4.89. The van der Waals surface area contributed by atoms with Gasteiger partial charge in [-0.15, -0.1) is 0 Å². The fraction of sp³-hybridized carbons (Fsp3) is 0.333. The van der Waals surface area contributed by atoms with Gasteiger partial charge in [-0.2, -0.15) is 0 Å². The van der Waals surface area contributed by atoms with Crippen LogP contribution < -0.4 is 4.90 Å². The number of fused-ring (bicyclic) bond motifs is 1. The van der Waals surface area contributed by atoms with E-state index in [-0.39, 0.29) is 0 Å². The Kier molecular flexibility index (Phi) is 3.31. The average molecular weight is 255 g/mol. The van der Waals surface area contributed by atoms with Crippen LogP contribution in [0.2, 0.25) is 0 Å². The van der Waals surface area contributed by atoms with Crippen LogP contribution in [0.5, 0.6) is 0 Å². The predicted molar refractivity (Wildman–Crippen MR) is 77.2 cm³/mol. The zero-order chi connectivity index (χ0) is 13.1. The smallest absolute Gasteiger partial charge is 0.138 e. The Hall–Kier alpha value is -2.10. The van der Waals surface area contributed by atoms with Crippen molar-refractivity contribution < 1.29 is 5.21 Å². The third-order valence-electron chi connectivity index (χ3n) is 3.58. The van der Waals surface area contributed by atoms with Crippen molar-refractivity contribution in [3.8, 4) is 0 Å². The number of hydrogen-bond acceptors (Lipinski definition) is 4. The van der Waals surface area contributed by atoms with Gasteiger partial charge in [-0.05, 0) is 31.4 Å². The highest BCUT2D eigenvalue weighted by molar-refractivity contribution is 5.93. The lowest BCUT2D eigenvalue weighted by molar-refractivity contribution is 0.322. The third kappa shape index (κ3) is 2.38. The summed E-state index contributed by atoms with van der Waals surface area (Å²) in [7, 11) is 0. The summed E-state index contributed by atoms with van der Waals surface area (Å²) in [5.74, 6) is 0.927. The van der Waals surface area contributed by atoms with Gasteiger partial charge < -0.3 is 10.1 Å². The summed E-state index contributed by atoms with van der Waals surface area (Å²) >= 11 is 0. The summed E-state index contributed by atoms with van der Waals surface area (Å²) in [4.78, 5) is 7.03. The Morgan fingerprint density at radius 2 is 1.95 bits per heavy atom. The summed E-state index contributed by atoms with van der Waals surface area (Å²) in [6.45, 7) is 2.05. The van der Waals surface area contributed by atoms with Gasteiger partial charge in [-0.3, -0.25) is 0 Å². The lowest BCUT2D eigenvalue weighted by Crippen LogP contribution is -2.31. The molecular weight excluding hydrogens is 238 g/mol. The van der Waals surface area contributed by atoms with Crippen LogP contribution in [0.1, 0.15) is 24.8 Å². The summed E-state index contributed by atoms with van der Waals surface area (Å²) in [5, 5.41) is 13.1. The van der Waals surface area contributed by atoms with E-state index < -0.39 is 0 Å². The number of nitrogens with zero attached hydrogens (tertiary/aromatic N) is 3. The summed E-state index contributed by atoms with van der Waals surface area (Å²) in [6.07, 6.45) is 5.16. The highest BCUT2D eigenvalue weighted by Crippen LogP contribution is 2.25. The molecule has 1 fully saturated rings. The molecule has 1 saturated heterocycles. The van der Waals surface area contributed by atoms with Gasteiger partial charge in [0.1, 0.15) is 5.82 Å². The van der Waals surface area contributed by atoms with Crippen molar-refractivity contribution in [2.75, 3.05) is 18.0 Å². The maximum absolute atomic E-state index is 8.84. The minimum Gasteiger partial charge on any atom is -0.411 e. The number of oxime groups is 1. The minimum absolute atomic E-state index is 0.878. The Morgan fingerprint density at radius 3 is 2.74 bits per heavy atom. The molecule has 1 aliphatic rings. The van der Waals surface area contributed by atoms with E-state index >= 15 is 0 Å². The number of para-hydroxylation sites is 1. The predicted octanol–water partition coefficient (Wildman–Crippen LogP) is 3.03. The molecule has 0 unspecified atom stereocenters. The van der Waals surface area contributed by atoms with Crippen molar-refractivity contribution in [1.82, 2.24) is 4.98 Å². The van der Waals surface area contributed by atoms with E-state index in [0.29, 0.717) is 0 Å². The van der Waals surface area contributed by atoms with E-state index in [9.17, 15) is 0 Å². The molecule has 19 heavy (non-hydrogen) atoms. The number of benzene rings is 1. The van der Waals surface area contributed by atoms with Crippen molar-refractivity contribution in [3.05, 3.63) is 35.9 Å². The molecule has 3 rings (SSSR count). The first-order valence-corrected chi connectivity index (χ1v) is 6.70. The Labute approximate surface area is 112 Å². The van der Waals surface area contributed by atoms with E-state index in [2.05, 4.69) is 10.1 Å². The third-order valence-corrected chi connectivity index (χ3v) is 3.58. The van der Waals surface area contributed by atoms with E-state index in [0.717, 1.165) is 35.4 Å². The zero-order valence-corrected chi connectivity index (χ0v) is 10.8. The van der Waals surface area contributed by atoms with Gasteiger partial charge in [0.15, 0.2) is 0 Å². The molecule has 2 heterocycles. The molecule has 0 saturated carbocycles. The molecule has 4 heteroatoms. The first kappa shape index (κ1) is 12.0. The molecule has 0 radical (unpaired) electrons. The fourth-order valence-corrected chi connectivity index (χ4v) is 2.64. The monoisotopic (exact) mass is 255 g/mol. The van der Waals surface area contributed by atoms with E-state index in [1.807, 2.05) is 30.3 Å². The summed E-state index contributed by atoms with van der Waals surface area (Å²) in [6, 6.07) is 10.1. The Morgan fingerprint density at radius 1 is 1.16 bits per heavy atom. The van der Waals surface area contributed by atoms with E-state index in [1.54, 1.807) is 0 Å². The molecular formula is C15H17N3O. The zero-order valence-electron chi connectivity index (χ0n) is 10.8. The van der Waals surface area contributed by atoms with Crippen LogP contribution in [-0.2, 0) is 0 Å². The first-order chi connectivity index (χ1) is 9.38. The van der Waals surface area contributed by atoms with Gasteiger partial charge in [-0.1, -0.05) is 23.4 Å². The number of anilines is 1. The van der Waals surface area contributed by atoms with Gasteiger partial charge in [0.25, 0.3) is 0 Å². The van der Waals surface area contributed by atoms with Gasteiger partial charge in [0.2, 0.25) is 0 Å². The highest BCUT2D eigenvalue weighted by Gasteiger charge is 2.16. The average Bonchev–Trinajstić information content (AvgIpc) is 2.48. The van der Waals surface area contributed by atoms with Crippen molar-refractivity contribution in [3.63, 3.8) is 0 Å². The van der Waals surface area contributed by atoms with Crippen LogP contribution >= 0.6 is 0 Å². The summed E-state index contributed by atoms with van der Waals surface area (Å²) in [5.41, 5.74) is 1.86. The molecule has 1 aliphatic heterocycles. The molecule has 1 aromatic heterocycles. The number of rotatable bonds is 2. The van der Waals surface area contributed by atoms with Crippen LogP contribution in [0.4, 0.5) is 5.82 Å². The molecule has 0 aliphatic carbocycles. The van der Waals surface area contributed by atoms with Crippen molar-refractivity contribution in [2.24, 2.45) is 5.16 Å². The molecule has 0 spiro atoms. The molecule has 0 bridgehead atoms. The molecule has 98 valence electrons. The van der Waals surface area contributed by atoms with Gasteiger partial charge in [0, 0.05) is 24.0 Å². The fourth-order valence-electron chi connectivity index (χ4n) is 2.64. The number of hydrogen-bond donors (Lipinski definition) is 1. The SMILES string of the molecule is ON=Cc1cc2ccccc2nc1N1CCCCC1. The number of aromatic nitrogens is 1. The topological polar surface area (TPSA) is 48.7 Å². The lowest BCUT2D eigenvalue weighted by Gasteiger charge is -2.29. The Bertz CT molecular complexity index is 603. The second kappa shape index (κ2) is 5.26. The highest BCUT2D eigenvalue weighted by atomic mass is 16.4. The van der Waals surface area contributed by atoms with Gasteiger partial charge in [-0.25, -0.2) is 4.98 Å². The standard InChI is InChI=1S/C15H17N3O/c19-16-11-13-10-12-6-2-3-7-14(12)17-15(13)18-8-4-1-5-9-18/h2-3,6-7,10-11,19H,1,4-5,8-9H2. The largest absolute Gasteiger partial charge is 0.411 e. The molecule has 2 aromatic rings. The van der Waals surface area contributed by atoms with E-state index in [4.69, 9.17) is 10.2 Å². The van der Waals surface area contributed by atoms with Crippen molar-refractivity contribution in [1.29, 1.82) is 0 Å². The van der Waals surface area contributed by atoms with E-state index in [1.165, 1.54) is 25.5 Å². The maximum Gasteiger partial charge on any atom is 0.138 e. The minimum atomic E-state index is 0.878. The molecule has 1 aromatic carbocycles. The summed E-state index contributed by atoms with van der Waals surface area (Å²) < 4.78 is 0. The molecule has 1 N–H and O–H groups in total. The maximum atomic E-state index is 8.84. The second-order valence-electron chi connectivity index (χ2n) is 4.89. The van der Waals surface area contributed by atoms with Gasteiger partial charge >= 0.3 is 0 Å². The lowest BCUT2D eigenvalue weighted by atomic mass is 10.1. The Balaban J connectivity index is 2.11. The normalized spacial score (nSPS) is 16.3. The number of pyridine rings is 1. The van der Waals surface area contributed by atoms with Gasteiger partial charge in [0.05, 0.1) is 11.7 Å². The van der Waals surface area contributed by atoms with Crippen molar-refractivity contribution in [2.45, 2.75) is 19.3 Å².